The van der Waals surface area contributed by atoms with Crippen molar-refractivity contribution in [1.29, 1.82) is 0 Å². The number of nitrogens with zero attached hydrogens (tertiary/aromatic N) is 1. The van der Waals surface area contributed by atoms with E-state index in [1.54, 1.807) is 19.2 Å². The first-order chi connectivity index (χ1) is 9.49. The summed E-state index contributed by atoms with van der Waals surface area (Å²) in [4.78, 5) is 4.39. The lowest BCUT2D eigenvalue weighted by atomic mass is 10.3. The van der Waals surface area contributed by atoms with Crippen LogP contribution in [0.4, 0.5) is 5.69 Å². The van der Waals surface area contributed by atoms with Gasteiger partial charge in [0.05, 0.1) is 23.0 Å². The lowest BCUT2D eigenvalue weighted by Gasteiger charge is -2.12. The quantitative estimate of drug-likeness (QED) is 0.841. The van der Waals surface area contributed by atoms with Gasteiger partial charge < -0.3 is 15.2 Å². The van der Waals surface area contributed by atoms with Crippen LogP contribution in [0.25, 0.3) is 0 Å². The summed E-state index contributed by atoms with van der Waals surface area (Å²) in [6.07, 6.45) is 0. The van der Waals surface area contributed by atoms with Crippen LogP contribution in [-0.4, -0.2) is 12.1 Å². The summed E-state index contributed by atoms with van der Waals surface area (Å²) in [6, 6.07) is 7.06. The summed E-state index contributed by atoms with van der Waals surface area (Å²) in [5, 5.41) is 0.553. The first kappa shape index (κ1) is 14.9. The number of ether oxygens (including phenoxy) is 2. The Morgan fingerprint density at radius 2 is 2.05 bits per heavy atom. The van der Waals surface area contributed by atoms with Gasteiger partial charge in [-0.2, -0.15) is 0 Å². The van der Waals surface area contributed by atoms with Gasteiger partial charge in [-0.05, 0) is 35.0 Å². The van der Waals surface area contributed by atoms with E-state index in [0.717, 1.165) is 17.1 Å². The third-order valence-electron chi connectivity index (χ3n) is 2.62. The third kappa shape index (κ3) is 3.55. The molecule has 0 radical (unpaired) electrons. The zero-order chi connectivity index (χ0) is 14.7. The van der Waals surface area contributed by atoms with E-state index in [-0.39, 0.29) is 0 Å². The van der Waals surface area contributed by atoms with Gasteiger partial charge in [0, 0.05) is 22.8 Å². The van der Waals surface area contributed by atoms with E-state index < -0.39 is 0 Å². The molecule has 20 heavy (non-hydrogen) atoms. The van der Waals surface area contributed by atoms with Crippen LogP contribution in [0, 0.1) is 6.92 Å². The number of hydrogen-bond donors (Lipinski definition) is 1. The molecule has 2 N–H and O–H groups in total. The number of hydrogen-bond acceptors (Lipinski definition) is 4. The van der Waals surface area contributed by atoms with Crippen LogP contribution >= 0.6 is 27.5 Å². The maximum atomic E-state index is 5.91. The molecule has 0 aliphatic rings. The number of halogens is 2. The average Bonchev–Trinajstić information content (AvgIpc) is 2.36. The maximum Gasteiger partial charge on any atom is 0.157 e. The fraction of sp³-hybridized carbons (Fsp3) is 0.214. The van der Waals surface area contributed by atoms with E-state index in [0.29, 0.717) is 27.5 Å². The summed E-state index contributed by atoms with van der Waals surface area (Å²) < 4.78 is 11.6. The Kier molecular flexibility index (Phi) is 4.73. The molecule has 0 spiro atoms. The van der Waals surface area contributed by atoms with Crippen LogP contribution in [-0.2, 0) is 6.61 Å². The second-order valence-corrected chi connectivity index (χ2v) is 5.53. The highest BCUT2D eigenvalue weighted by atomic mass is 79.9. The predicted molar refractivity (Wildman–Crippen MR) is 83.4 cm³/mol. The van der Waals surface area contributed by atoms with E-state index >= 15 is 0 Å². The molecule has 0 bridgehead atoms. The number of aryl methyl sites for hydroxylation is 1. The van der Waals surface area contributed by atoms with Gasteiger partial charge in [-0.3, -0.25) is 4.98 Å². The van der Waals surface area contributed by atoms with Crippen LogP contribution in [0.3, 0.4) is 0 Å². The monoisotopic (exact) mass is 356 g/mol. The van der Waals surface area contributed by atoms with E-state index in [1.807, 2.05) is 19.1 Å². The van der Waals surface area contributed by atoms with Gasteiger partial charge in [-0.25, -0.2) is 0 Å². The minimum Gasteiger partial charge on any atom is -0.497 e. The summed E-state index contributed by atoms with van der Waals surface area (Å²) >= 11 is 9.28. The van der Waals surface area contributed by atoms with Crippen molar-refractivity contribution in [1.82, 2.24) is 4.98 Å². The van der Waals surface area contributed by atoms with Crippen LogP contribution in [0.1, 0.15) is 11.4 Å². The molecule has 2 aromatic rings. The molecule has 1 aromatic carbocycles. The van der Waals surface area contributed by atoms with Crippen molar-refractivity contribution in [2.75, 3.05) is 12.8 Å². The molecule has 0 atom stereocenters. The molecule has 0 aliphatic heterocycles. The normalized spacial score (nSPS) is 10.4. The van der Waals surface area contributed by atoms with Gasteiger partial charge in [-0.15, -0.1) is 0 Å². The largest absolute Gasteiger partial charge is 0.497 e. The molecule has 0 saturated heterocycles. The zero-order valence-electron chi connectivity index (χ0n) is 11.1. The number of pyridine rings is 1. The van der Waals surface area contributed by atoms with Crippen LogP contribution < -0.4 is 15.2 Å². The standard InChI is InChI=1S/C14H14BrClN2O2/c1-8-3-11(19-2)6-10(18-8)7-20-14-12(15)4-9(16)5-13(14)17/h3-6H,7,17H2,1-2H3. The lowest BCUT2D eigenvalue weighted by Crippen LogP contribution is -2.03. The first-order valence-electron chi connectivity index (χ1n) is 5.88. The highest BCUT2D eigenvalue weighted by Crippen LogP contribution is 2.35. The average molecular weight is 358 g/mol. The van der Waals surface area contributed by atoms with Crippen molar-refractivity contribution in [2.45, 2.75) is 13.5 Å². The molecule has 0 amide bonds. The predicted octanol–water partition coefficient (Wildman–Crippen LogP) is 3.98. The second-order valence-electron chi connectivity index (χ2n) is 4.23. The Bertz CT molecular complexity index is 612. The van der Waals surface area contributed by atoms with Crippen LogP contribution in [0.5, 0.6) is 11.5 Å². The molecule has 0 unspecified atom stereocenters. The van der Waals surface area contributed by atoms with Crippen molar-refractivity contribution < 1.29 is 9.47 Å². The number of nitrogen functional groups attached to an aromatic ring is 1. The molecule has 2 rings (SSSR count). The minimum atomic E-state index is 0.294. The molecule has 0 fully saturated rings. The van der Waals surface area contributed by atoms with Gasteiger partial charge in [-0.1, -0.05) is 11.6 Å². The van der Waals surface area contributed by atoms with Crippen molar-refractivity contribution >= 4 is 33.2 Å². The van der Waals surface area contributed by atoms with Gasteiger partial charge in [0.1, 0.15) is 12.4 Å². The zero-order valence-corrected chi connectivity index (χ0v) is 13.5. The van der Waals surface area contributed by atoms with Crippen LogP contribution in [0.15, 0.2) is 28.7 Å². The van der Waals surface area contributed by atoms with E-state index in [1.165, 1.54) is 0 Å². The number of benzene rings is 1. The molecule has 0 aliphatic carbocycles. The lowest BCUT2D eigenvalue weighted by molar-refractivity contribution is 0.299. The Balaban J connectivity index is 2.19. The van der Waals surface area contributed by atoms with E-state index in [2.05, 4.69) is 20.9 Å². The van der Waals surface area contributed by atoms with E-state index in [9.17, 15) is 0 Å². The number of nitrogens with two attached hydrogens (primary N) is 1. The summed E-state index contributed by atoms with van der Waals surface area (Å²) in [6.45, 7) is 2.20. The molecule has 4 nitrogen and oxygen atoms in total. The summed E-state index contributed by atoms with van der Waals surface area (Å²) in [7, 11) is 1.62. The summed E-state index contributed by atoms with van der Waals surface area (Å²) in [5.74, 6) is 1.30. The van der Waals surface area contributed by atoms with Gasteiger partial charge in [0.2, 0.25) is 0 Å². The van der Waals surface area contributed by atoms with E-state index in [4.69, 9.17) is 26.8 Å². The number of aromatic nitrogens is 1. The maximum absolute atomic E-state index is 5.91. The Morgan fingerprint density at radius 1 is 1.30 bits per heavy atom. The minimum absolute atomic E-state index is 0.294. The molecule has 6 heteroatoms. The van der Waals surface area contributed by atoms with Gasteiger partial charge >= 0.3 is 0 Å². The SMILES string of the molecule is COc1cc(C)nc(COc2c(N)cc(Cl)cc2Br)c1. The van der Waals surface area contributed by atoms with Gasteiger partial charge in [0.15, 0.2) is 5.75 Å². The van der Waals surface area contributed by atoms with Crippen molar-refractivity contribution in [2.24, 2.45) is 0 Å². The highest BCUT2D eigenvalue weighted by molar-refractivity contribution is 9.10. The Labute approximate surface area is 131 Å². The fourth-order valence-corrected chi connectivity index (χ4v) is 2.72. The molecular weight excluding hydrogens is 344 g/mol. The van der Waals surface area contributed by atoms with Crippen LogP contribution in [0.2, 0.25) is 5.02 Å². The van der Waals surface area contributed by atoms with Crippen molar-refractivity contribution in [3.63, 3.8) is 0 Å². The number of anilines is 1. The summed E-state index contributed by atoms with van der Waals surface area (Å²) in [5.41, 5.74) is 8.00. The smallest absolute Gasteiger partial charge is 0.157 e. The van der Waals surface area contributed by atoms with Gasteiger partial charge in [0.25, 0.3) is 0 Å². The highest BCUT2D eigenvalue weighted by Gasteiger charge is 2.09. The number of rotatable bonds is 4. The van der Waals surface area contributed by atoms with Crippen molar-refractivity contribution in [3.05, 3.63) is 45.1 Å². The molecule has 1 heterocycles. The molecular formula is C14H14BrClN2O2. The molecule has 1 aromatic heterocycles. The van der Waals surface area contributed by atoms with Crippen molar-refractivity contribution in [3.8, 4) is 11.5 Å². The molecule has 106 valence electrons. The first-order valence-corrected chi connectivity index (χ1v) is 7.05. The number of methoxy groups -OCH3 is 1. The Hall–Kier alpha value is -1.46. The topological polar surface area (TPSA) is 57.4 Å². The second kappa shape index (κ2) is 6.33. The Morgan fingerprint density at radius 3 is 2.70 bits per heavy atom. The fourth-order valence-electron chi connectivity index (χ4n) is 1.77. The third-order valence-corrected chi connectivity index (χ3v) is 3.42. The molecule has 0 saturated carbocycles.